The third-order valence-electron chi connectivity index (χ3n) is 7.55. The molecule has 0 spiro atoms. The van der Waals surface area contributed by atoms with Crippen LogP contribution in [-0.2, 0) is 16.6 Å². The van der Waals surface area contributed by atoms with Crippen LogP contribution in [-0.4, -0.2) is 54.6 Å². The lowest BCUT2D eigenvalue weighted by Gasteiger charge is -2.40. The third kappa shape index (κ3) is 10.3. The van der Waals surface area contributed by atoms with E-state index in [4.69, 9.17) is 10.5 Å². The van der Waals surface area contributed by atoms with E-state index in [1.54, 1.807) is 43.5 Å². The normalized spacial score (nSPS) is 16.6. The summed E-state index contributed by atoms with van der Waals surface area (Å²) in [5.41, 5.74) is 5.74. The van der Waals surface area contributed by atoms with Crippen molar-refractivity contribution in [3.63, 3.8) is 0 Å². The molecule has 0 aliphatic carbocycles. The van der Waals surface area contributed by atoms with Gasteiger partial charge in [-0.05, 0) is 62.1 Å². The van der Waals surface area contributed by atoms with Crippen molar-refractivity contribution < 1.29 is 31.5 Å². The molecule has 15 heteroatoms. The van der Waals surface area contributed by atoms with Gasteiger partial charge in [-0.25, -0.2) is 27.0 Å². The van der Waals surface area contributed by atoms with Crippen molar-refractivity contribution in [3.05, 3.63) is 77.5 Å². The molecule has 0 radical (unpaired) electrons. The molecule has 5 N–H and O–H groups in total. The number of rotatable bonds is 13. The Balaban J connectivity index is 0.00000576. The van der Waals surface area contributed by atoms with E-state index in [-0.39, 0.29) is 35.9 Å². The highest BCUT2D eigenvalue weighted by atomic mass is 35.5. The van der Waals surface area contributed by atoms with Crippen LogP contribution >= 0.6 is 12.4 Å². The number of nitrogens with zero attached hydrogens (tertiary/aromatic N) is 2. The first-order valence-electron chi connectivity index (χ1n) is 14.8. The fourth-order valence-electron chi connectivity index (χ4n) is 5.12. The number of likely N-dealkylation sites (tertiary alicyclic amines) is 1. The zero-order valence-electron chi connectivity index (χ0n) is 25.6. The van der Waals surface area contributed by atoms with Crippen LogP contribution in [0.4, 0.5) is 25.0 Å². The molecule has 2 atom stereocenters. The Labute approximate surface area is 273 Å². The van der Waals surface area contributed by atoms with Crippen LogP contribution < -0.4 is 25.8 Å². The largest absolute Gasteiger partial charge is 0.439 e. The van der Waals surface area contributed by atoms with Crippen molar-refractivity contribution in [2.45, 2.75) is 64.6 Å². The first-order chi connectivity index (χ1) is 21.5. The van der Waals surface area contributed by atoms with E-state index < -0.39 is 39.2 Å². The Morgan fingerprint density at radius 1 is 1.09 bits per heavy atom. The van der Waals surface area contributed by atoms with Gasteiger partial charge in [-0.15, -0.1) is 12.4 Å². The van der Waals surface area contributed by atoms with Gasteiger partial charge in [-0.1, -0.05) is 25.8 Å². The number of hydrogen-bond acceptors (Lipinski definition) is 7. The lowest BCUT2D eigenvalue weighted by atomic mass is 9.93. The highest BCUT2D eigenvalue weighted by molar-refractivity contribution is 7.92. The quantitative estimate of drug-likeness (QED) is 0.178. The van der Waals surface area contributed by atoms with Crippen LogP contribution in [0, 0.1) is 11.6 Å². The van der Waals surface area contributed by atoms with Crippen molar-refractivity contribution in [2.75, 3.05) is 22.3 Å². The molecule has 1 saturated heterocycles. The number of carbonyl (C=O) groups excluding carboxylic acids is 2. The van der Waals surface area contributed by atoms with E-state index in [0.29, 0.717) is 49.3 Å². The molecule has 46 heavy (non-hydrogen) atoms. The molecular formula is C31H39ClF2N6O5S. The SMILES string of the molecule is CCCCC1CC(NC(=O)Nc2cc(C(N)=O)c(F)cc2F)CCN1Cc1ccc(Oc2ccc(NS(=O)(=O)CC)cc2)nc1.Cl. The summed E-state index contributed by atoms with van der Waals surface area (Å²) in [6, 6.07) is 11.1. The summed E-state index contributed by atoms with van der Waals surface area (Å²) < 4.78 is 59.8. The Morgan fingerprint density at radius 3 is 2.46 bits per heavy atom. The molecule has 2 unspecified atom stereocenters. The second-order valence-electron chi connectivity index (χ2n) is 10.9. The lowest BCUT2D eigenvalue weighted by Crippen LogP contribution is -2.50. The van der Waals surface area contributed by atoms with Gasteiger partial charge < -0.3 is 21.1 Å². The highest BCUT2D eigenvalue weighted by Crippen LogP contribution is 2.26. The van der Waals surface area contributed by atoms with Gasteiger partial charge >= 0.3 is 6.03 Å². The molecule has 3 aromatic rings. The number of aromatic nitrogens is 1. The number of piperidine rings is 1. The standard InChI is InChI=1S/C31H38F2N6O5S.ClH/c1-3-5-6-23-15-22(36-31(41)37-28-16-25(30(34)40)26(32)17-27(28)33)13-14-39(23)19-20-7-12-29(35-18-20)44-24-10-8-21(9-11-24)38-45(42,43)4-2;/h7-12,16-18,22-23,38H,3-6,13-15,19H2,1-2H3,(H2,34,40)(H2,36,37,41);1H. The molecule has 2 aromatic carbocycles. The molecule has 11 nitrogen and oxygen atoms in total. The fourth-order valence-corrected chi connectivity index (χ4v) is 5.76. The third-order valence-corrected chi connectivity index (χ3v) is 8.85. The smallest absolute Gasteiger partial charge is 0.319 e. The first kappa shape index (κ1) is 36.5. The number of urea groups is 1. The van der Waals surface area contributed by atoms with Gasteiger partial charge in [0.25, 0.3) is 5.91 Å². The second kappa shape index (κ2) is 16.5. The van der Waals surface area contributed by atoms with Crippen LogP contribution in [0.3, 0.4) is 0 Å². The molecule has 1 aliphatic heterocycles. The predicted molar refractivity (Wildman–Crippen MR) is 175 cm³/mol. The van der Waals surface area contributed by atoms with Gasteiger partial charge in [0.05, 0.1) is 17.0 Å². The molecule has 3 amide bonds. The Hall–Kier alpha value is -4.01. The van der Waals surface area contributed by atoms with Gasteiger partial charge in [-0.2, -0.15) is 0 Å². The topological polar surface area (TPSA) is 156 Å². The number of carbonyl (C=O) groups is 2. The summed E-state index contributed by atoms with van der Waals surface area (Å²) >= 11 is 0. The van der Waals surface area contributed by atoms with E-state index in [0.717, 1.165) is 30.9 Å². The van der Waals surface area contributed by atoms with Crippen LogP contribution in [0.5, 0.6) is 11.6 Å². The average molecular weight is 681 g/mol. The minimum Gasteiger partial charge on any atom is -0.439 e. The maximum absolute atomic E-state index is 14.2. The zero-order chi connectivity index (χ0) is 32.6. The molecule has 4 rings (SSSR count). The molecule has 2 heterocycles. The maximum atomic E-state index is 14.2. The number of amides is 3. The van der Waals surface area contributed by atoms with Gasteiger partial charge in [0.15, 0.2) is 0 Å². The van der Waals surface area contributed by atoms with E-state index in [1.807, 2.05) is 6.07 Å². The minimum atomic E-state index is -3.36. The Kier molecular flexibility index (Phi) is 13.1. The van der Waals surface area contributed by atoms with Crippen molar-refractivity contribution in [1.82, 2.24) is 15.2 Å². The number of sulfonamides is 1. The number of anilines is 2. The summed E-state index contributed by atoms with van der Waals surface area (Å²) in [5, 5.41) is 5.25. The number of ether oxygens (including phenoxy) is 1. The fraction of sp³-hybridized carbons (Fsp3) is 0.387. The lowest BCUT2D eigenvalue weighted by molar-refractivity contribution is 0.0996. The average Bonchev–Trinajstić information content (AvgIpc) is 3.00. The summed E-state index contributed by atoms with van der Waals surface area (Å²) in [6.07, 6.45) is 6.07. The number of halogens is 3. The minimum absolute atomic E-state index is 0. The van der Waals surface area contributed by atoms with Crippen LogP contribution in [0.25, 0.3) is 0 Å². The summed E-state index contributed by atoms with van der Waals surface area (Å²) in [6.45, 7) is 5.05. The molecule has 1 aliphatic rings. The van der Waals surface area contributed by atoms with Crippen molar-refractivity contribution in [2.24, 2.45) is 5.73 Å². The summed E-state index contributed by atoms with van der Waals surface area (Å²) in [4.78, 5) is 30.9. The van der Waals surface area contributed by atoms with Crippen LogP contribution in [0.15, 0.2) is 54.7 Å². The number of hydrogen-bond donors (Lipinski definition) is 4. The van der Waals surface area contributed by atoms with E-state index in [2.05, 4.69) is 32.2 Å². The highest BCUT2D eigenvalue weighted by Gasteiger charge is 2.29. The Morgan fingerprint density at radius 2 is 1.83 bits per heavy atom. The second-order valence-corrected chi connectivity index (χ2v) is 12.9. The number of primary amides is 1. The molecule has 0 saturated carbocycles. The van der Waals surface area contributed by atoms with E-state index in [9.17, 15) is 26.8 Å². The van der Waals surface area contributed by atoms with Gasteiger partial charge in [0.2, 0.25) is 15.9 Å². The monoisotopic (exact) mass is 680 g/mol. The molecule has 250 valence electrons. The number of benzene rings is 2. The number of nitrogens with two attached hydrogens (primary N) is 1. The van der Waals surface area contributed by atoms with E-state index in [1.165, 1.54) is 0 Å². The maximum Gasteiger partial charge on any atom is 0.319 e. The van der Waals surface area contributed by atoms with Crippen molar-refractivity contribution in [3.8, 4) is 11.6 Å². The van der Waals surface area contributed by atoms with Crippen LogP contribution in [0.2, 0.25) is 0 Å². The van der Waals surface area contributed by atoms with Crippen molar-refractivity contribution in [1.29, 1.82) is 0 Å². The summed E-state index contributed by atoms with van der Waals surface area (Å²) in [5.74, 6) is -2.27. The zero-order valence-corrected chi connectivity index (χ0v) is 27.2. The first-order valence-corrected chi connectivity index (χ1v) is 16.4. The van der Waals surface area contributed by atoms with E-state index >= 15 is 0 Å². The summed E-state index contributed by atoms with van der Waals surface area (Å²) in [7, 11) is -3.36. The molecular weight excluding hydrogens is 642 g/mol. The molecule has 0 bridgehead atoms. The molecule has 1 aromatic heterocycles. The molecule has 1 fully saturated rings. The predicted octanol–water partition coefficient (Wildman–Crippen LogP) is 5.78. The van der Waals surface area contributed by atoms with Gasteiger partial charge in [0.1, 0.15) is 17.4 Å². The van der Waals surface area contributed by atoms with Crippen molar-refractivity contribution >= 4 is 45.7 Å². The Bertz CT molecular complexity index is 1600. The number of pyridine rings is 1. The van der Waals surface area contributed by atoms with Crippen LogP contribution in [0.1, 0.15) is 61.9 Å². The number of nitrogens with one attached hydrogen (secondary N) is 3. The number of unbranched alkanes of at least 4 members (excludes halogenated alkanes) is 1. The van der Waals surface area contributed by atoms with Gasteiger partial charge in [0, 0.05) is 49.2 Å². The van der Waals surface area contributed by atoms with Gasteiger partial charge in [-0.3, -0.25) is 14.4 Å².